The van der Waals surface area contributed by atoms with Crippen LogP contribution in [0.5, 0.6) is 0 Å². The fourth-order valence-corrected chi connectivity index (χ4v) is 4.37. The average molecular weight is 382 g/mol. The number of benzene rings is 2. The lowest BCUT2D eigenvalue weighted by Crippen LogP contribution is -2.67. The lowest BCUT2D eigenvalue weighted by Gasteiger charge is -2.54. The highest BCUT2D eigenvalue weighted by Crippen LogP contribution is 2.42. The molecule has 2 saturated heterocycles. The third kappa shape index (κ3) is 2.88. The van der Waals surface area contributed by atoms with Gasteiger partial charge in [0.25, 0.3) is 5.91 Å². The van der Waals surface area contributed by atoms with Gasteiger partial charge >= 0.3 is 0 Å². The first-order valence-corrected chi connectivity index (χ1v) is 9.42. The molecule has 2 aliphatic heterocycles. The van der Waals surface area contributed by atoms with E-state index in [4.69, 9.17) is 4.74 Å². The van der Waals surface area contributed by atoms with Crippen LogP contribution in [0.4, 0.5) is 4.39 Å². The van der Waals surface area contributed by atoms with Crippen LogP contribution in [-0.4, -0.2) is 54.5 Å². The third-order valence-electron chi connectivity index (χ3n) is 5.98. The number of morpholine rings is 1. The molecule has 28 heavy (non-hydrogen) atoms. The number of nitrogens with zero attached hydrogens (tertiary/aromatic N) is 2. The summed E-state index contributed by atoms with van der Waals surface area (Å²) in [5.74, 6) is -0.937. The summed E-state index contributed by atoms with van der Waals surface area (Å²) in [5.41, 5.74) is 1.20. The number of amides is 2. The maximum absolute atomic E-state index is 14.3. The lowest BCUT2D eigenvalue weighted by molar-refractivity contribution is -0.180. The van der Waals surface area contributed by atoms with Gasteiger partial charge in [0.15, 0.2) is 0 Å². The summed E-state index contributed by atoms with van der Waals surface area (Å²) >= 11 is 0. The van der Waals surface area contributed by atoms with Gasteiger partial charge in [0, 0.05) is 20.1 Å². The highest BCUT2D eigenvalue weighted by Gasteiger charge is 2.53. The predicted molar refractivity (Wildman–Crippen MR) is 102 cm³/mol. The van der Waals surface area contributed by atoms with Crippen molar-refractivity contribution in [2.75, 3.05) is 26.7 Å². The van der Waals surface area contributed by atoms with Crippen LogP contribution in [0.15, 0.2) is 48.5 Å². The number of likely N-dealkylation sites (tertiary alicyclic amines) is 1. The van der Waals surface area contributed by atoms with Gasteiger partial charge < -0.3 is 14.5 Å². The number of piperidine rings is 1. The fraction of sp³-hybridized carbons (Fsp3) is 0.364. The molecule has 0 bridgehead atoms. The Morgan fingerprint density at radius 1 is 1.21 bits per heavy atom. The molecule has 5 nitrogen and oxygen atoms in total. The SMILES string of the molecule is Cc1ccc(C(=O)N2CC[C@]3(c4ccccc4)[C@@H](C2)OCC(=O)N3C)c(F)c1. The monoisotopic (exact) mass is 382 g/mol. The standard InChI is InChI=1S/C22H23FN2O3/c1-15-8-9-17(18(23)12-15)21(27)25-11-10-22(16-6-4-3-5-7-16)19(13-25)28-14-20(26)24(22)2/h3-9,12,19H,10-11,13-14H2,1-2H3/t19-,22+/m1/s1. The van der Waals surface area contributed by atoms with Crippen molar-refractivity contribution in [3.05, 3.63) is 71.0 Å². The molecule has 2 fully saturated rings. The minimum atomic E-state index is -0.626. The van der Waals surface area contributed by atoms with Crippen LogP contribution in [0, 0.1) is 12.7 Å². The van der Waals surface area contributed by atoms with Gasteiger partial charge in [-0.3, -0.25) is 9.59 Å². The summed E-state index contributed by atoms with van der Waals surface area (Å²) in [6.07, 6.45) is 0.159. The van der Waals surface area contributed by atoms with Crippen molar-refractivity contribution in [1.82, 2.24) is 9.80 Å². The number of likely N-dealkylation sites (N-methyl/N-ethyl adjacent to an activating group) is 1. The number of halogens is 1. The lowest BCUT2D eigenvalue weighted by atomic mass is 9.76. The predicted octanol–water partition coefficient (Wildman–Crippen LogP) is 2.73. The molecule has 0 N–H and O–H groups in total. The Morgan fingerprint density at radius 2 is 1.96 bits per heavy atom. The molecule has 2 heterocycles. The van der Waals surface area contributed by atoms with Crippen LogP contribution in [-0.2, 0) is 15.1 Å². The number of carbonyl (C=O) groups excluding carboxylic acids is 2. The number of ether oxygens (including phenoxy) is 1. The van der Waals surface area contributed by atoms with Gasteiger partial charge in [-0.2, -0.15) is 0 Å². The Hall–Kier alpha value is -2.73. The van der Waals surface area contributed by atoms with E-state index in [9.17, 15) is 14.0 Å². The van der Waals surface area contributed by atoms with E-state index in [-0.39, 0.29) is 30.1 Å². The van der Waals surface area contributed by atoms with Crippen molar-refractivity contribution in [2.24, 2.45) is 0 Å². The first-order valence-electron chi connectivity index (χ1n) is 9.42. The van der Waals surface area contributed by atoms with E-state index in [1.165, 1.54) is 12.1 Å². The fourth-order valence-electron chi connectivity index (χ4n) is 4.37. The van der Waals surface area contributed by atoms with Crippen LogP contribution in [0.3, 0.4) is 0 Å². The molecule has 2 atom stereocenters. The van der Waals surface area contributed by atoms with Gasteiger partial charge in [-0.05, 0) is 36.6 Å². The van der Waals surface area contributed by atoms with Gasteiger partial charge in [0.05, 0.1) is 11.1 Å². The summed E-state index contributed by atoms with van der Waals surface area (Å²) in [6, 6.07) is 14.4. The minimum absolute atomic E-state index is 0.0172. The quantitative estimate of drug-likeness (QED) is 0.803. The molecule has 0 radical (unpaired) electrons. The largest absolute Gasteiger partial charge is 0.364 e. The van der Waals surface area contributed by atoms with Crippen molar-refractivity contribution in [3.8, 4) is 0 Å². The maximum atomic E-state index is 14.3. The van der Waals surface area contributed by atoms with Crippen LogP contribution in [0.2, 0.25) is 0 Å². The number of fused-ring (bicyclic) bond motifs is 1. The molecule has 2 aromatic carbocycles. The molecule has 2 aliphatic rings. The molecule has 0 unspecified atom stereocenters. The van der Waals surface area contributed by atoms with E-state index in [0.717, 1.165) is 11.1 Å². The molecule has 146 valence electrons. The van der Waals surface area contributed by atoms with E-state index in [1.807, 2.05) is 30.3 Å². The van der Waals surface area contributed by atoms with Crippen LogP contribution >= 0.6 is 0 Å². The molecule has 2 aromatic rings. The Morgan fingerprint density at radius 3 is 2.68 bits per heavy atom. The van der Waals surface area contributed by atoms with Gasteiger partial charge in [-0.15, -0.1) is 0 Å². The van der Waals surface area contributed by atoms with E-state index < -0.39 is 11.4 Å². The Bertz CT molecular complexity index is 917. The highest BCUT2D eigenvalue weighted by molar-refractivity contribution is 5.94. The van der Waals surface area contributed by atoms with Crippen LogP contribution < -0.4 is 0 Å². The second-order valence-electron chi connectivity index (χ2n) is 7.53. The first kappa shape index (κ1) is 18.6. The smallest absolute Gasteiger partial charge is 0.256 e. The van der Waals surface area contributed by atoms with Crippen molar-refractivity contribution in [2.45, 2.75) is 25.0 Å². The molecule has 0 spiro atoms. The molecule has 0 aliphatic carbocycles. The van der Waals surface area contributed by atoms with Crippen molar-refractivity contribution < 1.29 is 18.7 Å². The summed E-state index contributed by atoms with van der Waals surface area (Å²) in [5, 5.41) is 0. The Balaban J connectivity index is 1.66. The molecule has 0 aromatic heterocycles. The summed E-state index contributed by atoms with van der Waals surface area (Å²) in [7, 11) is 1.79. The van der Waals surface area contributed by atoms with E-state index >= 15 is 0 Å². The molecule has 6 heteroatoms. The van der Waals surface area contributed by atoms with Gasteiger partial charge in [0.2, 0.25) is 5.91 Å². The number of hydrogen-bond donors (Lipinski definition) is 0. The highest BCUT2D eigenvalue weighted by atomic mass is 19.1. The minimum Gasteiger partial charge on any atom is -0.364 e. The van der Waals surface area contributed by atoms with Crippen molar-refractivity contribution >= 4 is 11.8 Å². The summed E-state index contributed by atoms with van der Waals surface area (Å²) < 4.78 is 20.2. The van der Waals surface area contributed by atoms with E-state index in [2.05, 4.69) is 0 Å². The van der Waals surface area contributed by atoms with E-state index in [0.29, 0.717) is 19.5 Å². The van der Waals surface area contributed by atoms with Gasteiger partial charge in [0.1, 0.15) is 18.5 Å². The first-order chi connectivity index (χ1) is 13.4. The second-order valence-corrected chi connectivity index (χ2v) is 7.53. The normalized spacial score (nSPS) is 24.8. The number of aryl methyl sites for hydroxylation is 1. The molecular weight excluding hydrogens is 359 g/mol. The van der Waals surface area contributed by atoms with Gasteiger partial charge in [-0.1, -0.05) is 36.4 Å². The summed E-state index contributed by atoms with van der Waals surface area (Å²) in [6.45, 7) is 2.49. The molecular formula is C22H23FN2O3. The number of rotatable bonds is 2. The van der Waals surface area contributed by atoms with Crippen molar-refractivity contribution in [1.29, 1.82) is 0 Å². The zero-order valence-corrected chi connectivity index (χ0v) is 16.0. The average Bonchev–Trinajstić information content (AvgIpc) is 2.71. The van der Waals surface area contributed by atoms with Crippen LogP contribution in [0.25, 0.3) is 0 Å². The Kier molecular flexibility index (Phi) is 4.67. The van der Waals surface area contributed by atoms with E-state index in [1.54, 1.807) is 29.8 Å². The third-order valence-corrected chi connectivity index (χ3v) is 5.98. The zero-order valence-electron chi connectivity index (χ0n) is 16.0. The molecule has 2 amide bonds. The topological polar surface area (TPSA) is 49.9 Å². The van der Waals surface area contributed by atoms with Gasteiger partial charge in [-0.25, -0.2) is 4.39 Å². The summed E-state index contributed by atoms with van der Waals surface area (Å²) in [4.78, 5) is 28.7. The number of carbonyl (C=O) groups is 2. The molecule has 4 rings (SSSR count). The Labute approximate surface area is 163 Å². The molecule has 0 saturated carbocycles. The number of hydrogen-bond acceptors (Lipinski definition) is 3. The zero-order chi connectivity index (χ0) is 19.9. The van der Waals surface area contributed by atoms with Crippen LogP contribution in [0.1, 0.15) is 27.9 Å². The maximum Gasteiger partial charge on any atom is 0.256 e. The second kappa shape index (κ2) is 7.02. The van der Waals surface area contributed by atoms with Crippen molar-refractivity contribution in [3.63, 3.8) is 0 Å².